The summed E-state index contributed by atoms with van der Waals surface area (Å²) < 4.78 is 5.34. The highest BCUT2D eigenvalue weighted by atomic mass is 35.5. The quantitative estimate of drug-likeness (QED) is 0.927. The van der Waals surface area contributed by atoms with Gasteiger partial charge in [-0.15, -0.1) is 0 Å². The predicted octanol–water partition coefficient (Wildman–Crippen LogP) is 3.61. The second-order valence-corrected chi connectivity index (χ2v) is 6.96. The van der Waals surface area contributed by atoms with Crippen molar-refractivity contribution in [3.63, 3.8) is 0 Å². The zero-order valence-electron chi connectivity index (χ0n) is 13.0. The van der Waals surface area contributed by atoms with Gasteiger partial charge in [-0.25, -0.2) is 4.79 Å². The summed E-state index contributed by atoms with van der Waals surface area (Å²) in [5, 5.41) is 4.24. The molecule has 0 radical (unpaired) electrons. The third-order valence-electron chi connectivity index (χ3n) is 3.37. The van der Waals surface area contributed by atoms with E-state index in [1.165, 1.54) is 0 Å². The Morgan fingerprint density at radius 1 is 1.43 bits per heavy atom. The Hall–Kier alpha value is -1.26. The molecule has 4 nitrogen and oxygen atoms in total. The molecule has 1 amide bonds. The Balaban J connectivity index is 1.79. The van der Waals surface area contributed by atoms with E-state index in [0.29, 0.717) is 19.1 Å². The first-order valence-electron chi connectivity index (χ1n) is 7.24. The Labute approximate surface area is 131 Å². The summed E-state index contributed by atoms with van der Waals surface area (Å²) in [4.78, 5) is 13.6. The van der Waals surface area contributed by atoms with Gasteiger partial charge in [-0.05, 0) is 45.4 Å². The number of carbonyl (C=O) groups excluding carboxylic acids is 1. The van der Waals surface area contributed by atoms with Gasteiger partial charge in [0.2, 0.25) is 0 Å². The first kappa shape index (κ1) is 16.1. The lowest BCUT2D eigenvalue weighted by molar-refractivity contribution is 0.00434. The molecule has 1 aliphatic rings. The third-order valence-corrected chi connectivity index (χ3v) is 3.60. The van der Waals surface area contributed by atoms with Crippen molar-refractivity contribution in [1.29, 1.82) is 0 Å². The molecule has 21 heavy (non-hydrogen) atoms. The van der Waals surface area contributed by atoms with Crippen LogP contribution in [0, 0.1) is 0 Å². The van der Waals surface area contributed by atoms with Crippen molar-refractivity contribution in [2.75, 3.05) is 13.1 Å². The minimum absolute atomic E-state index is 0.203. The number of hydrogen-bond donors (Lipinski definition) is 1. The van der Waals surface area contributed by atoms with Crippen LogP contribution in [0.4, 0.5) is 4.79 Å². The fourth-order valence-corrected chi connectivity index (χ4v) is 2.48. The number of hydrogen-bond acceptors (Lipinski definition) is 3. The lowest BCUT2D eigenvalue weighted by Gasteiger charge is -2.41. The van der Waals surface area contributed by atoms with Crippen LogP contribution in [-0.2, 0) is 4.74 Å². The van der Waals surface area contributed by atoms with Gasteiger partial charge < -0.3 is 15.0 Å². The topological polar surface area (TPSA) is 41.6 Å². The summed E-state index contributed by atoms with van der Waals surface area (Å²) in [5.41, 5.74) is 0.710. The molecule has 116 valence electrons. The molecule has 1 aromatic rings. The van der Waals surface area contributed by atoms with Crippen molar-refractivity contribution in [2.45, 2.75) is 45.4 Å². The average Bonchev–Trinajstić information content (AvgIpc) is 2.30. The molecule has 0 unspecified atom stereocenters. The maximum absolute atomic E-state index is 11.8. The van der Waals surface area contributed by atoms with Gasteiger partial charge in [-0.1, -0.05) is 23.7 Å². The molecule has 1 atom stereocenters. The lowest BCUT2D eigenvalue weighted by atomic mass is 10.0. The molecule has 0 saturated carbocycles. The average molecular weight is 311 g/mol. The van der Waals surface area contributed by atoms with Gasteiger partial charge in [0.15, 0.2) is 0 Å². The standard InChI is InChI=1S/C16H23ClN2O2/c1-11(12-6-5-7-13(17)8-12)18-14-9-19(10-14)15(20)21-16(2,3)4/h5-8,11,14,18H,9-10H2,1-4H3/t11-/m1/s1. The molecule has 1 aliphatic heterocycles. The van der Waals surface area contributed by atoms with E-state index < -0.39 is 5.60 Å². The molecule has 2 rings (SSSR count). The number of carbonyl (C=O) groups is 1. The van der Waals surface area contributed by atoms with Crippen LogP contribution in [0.3, 0.4) is 0 Å². The number of nitrogens with zero attached hydrogens (tertiary/aromatic N) is 1. The number of nitrogens with one attached hydrogen (secondary N) is 1. The van der Waals surface area contributed by atoms with Crippen molar-refractivity contribution in [1.82, 2.24) is 10.2 Å². The van der Waals surface area contributed by atoms with E-state index in [4.69, 9.17) is 16.3 Å². The Kier molecular flexibility index (Phi) is 4.79. The molecule has 0 bridgehead atoms. The monoisotopic (exact) mass is 310 g/mol. The van der Waals surface area contributed by atoms with Crippen LogP contribution < -0.4 is 5.32 Å². The van der Waals surface area contributed by atoms with Gasteiger partial charge in [0.1, 0.15) is 5.60 Å². The smallest absolute Gasteiger partial charge is 0.410 e. The molecule has 1 saturated heterocycles. The summed E-state index contributed by atoms with van der Waals surface area (Å²) in [6.07, 6.45) is -0.240. The highest BCUT2D eigenvalue weighted by molar-refractivity contribution is 6.30. The van der Waals surface area contributed by atoms with Crippen LogP contribution in [0.5, 0.6) is 0 Å². The van der Waals surface area contributed by atoms with Gasteiger partial charge >= 0.3 is 6.09 Å². The second kappa shape index (κ2) is 6.24. The maximum atomic E-state index is 11.8. The summed E-state index contributed by atoms with van der Waals surface area (Å²) in [7, 11) is 0. The van der Waals surface area contributed by atoms with Crippen LogP contribution in [0.15, 0.2) is 24.3 Å². The van der Waals surface area contributed by atoms with E-state index in [9.17, 15) is 4.79 Å². The third kappa shape index (κ3) is 4.61. The summed E-state index contributed by atoms with van der Waals surface area (Å²) in [6.45, 7) is 9.09. The van der Waals surface area contributed by atoms with Gasteiger partial charge in [-0.2, -0.15) is 0 Å². The van der Waals surface area contributed by atoms with Crippen molar-refractivity contribution >= 4 is 17.7 Å². The fourth-order valence-electron chi connectivity index (χ4n) is 2.29. The van der Waals surface area contributed by atoms with Gasteiger partial charge in [-0.3, -0.25) is 0 Å². The van der Waals surface area contributed by atoms with Crippen molar-refractivity contribution in [3.8, 4) is 0 Å². The first-order valence-corrected chi connectivity index (χ1v) is 7.62. The lowest BCUT2D eigenvalue weighted by Crippen LogP contribution is -2.60. The fraction of sp³-hybridized carbons (Fsp3) is 0.562. The molecule has 0 aliphatic carbocycles. The van der Waals surface area contributed by atoms with Crippen molar-refractivity contribution in [3.05, 3.63) is 34.9 Å². The number of likely N-dealkylation sites (tertiary alicyclic amines) is 1. The SMILES string of the molecule is C[C@@H](NC1CN(C(=O)OC(C)(C)C)C1)c1cccc(Cl)c1. The number of rotatable bonds is 3. The van der Waals surface area contributed by atoms with Gasteiger partial charge in [0.05, 0.1) is 0 Å². The van der Waals surface area contributed by atoms with Crippen LogP contribution in [0.1, 0.15) is 39.3 Å². The van der Waals surface area contributed by atoms with E-state index in [1.54, 1.807) is 4.90 Å². The molecule has 5 heteroatoms. The molecule has 1 heterocycles. The normalized spacial score (nSPS) is 17.3. The minimum Gasteiger partial charge on any atom is -0.444 e. The highest BCUT2D eigenvalue weighted by Gasteiger charge is 2.34. The number of benzene rings is 1. The molecule has 1 fully saturated rings. The first-order chi connectivity index (χ1) is 9.74. The summed E-state index contributed by atoms with van der Waals surface area (Å²) in [6, 6.07) is 8.33. The molecule has 0 aromatic heterocycles. The van der Waals surface area contributed by atoms with Gasteiger partial charge in [0, 0.05) is 30.2 Å². The van der Waals surface area contributed by atoms with Crippen LogP contribution in [0.2, 0.25) is 5.02 Å². The Bertz CT molecular complexity index is 507. The van der Waals surface area contributed by atoms with E-state index in [-0.39, 0.29) is 12.1 Å². The zero-order valence-corrected chi connectivity index (χ0v) is 13.8. The zero-order chi connectivity index (χ0) is 15.6. The Morgan fingerprint density at radius 3 is 2.67 bits per heavy atom. The molecular formula is C16H23ClN2O2. The van der Waals surface area contributed by atoms with Gasteiger partial charge in [0.25, 0.3) is 0 Å². The number of amides is 1. The molecule has 1 aromatic carbocycles. The number of halogens is 1. The molecule has 0 spiro atoms. The second-order valence-electron chi connectivity index (χ2n) is 6.53. The van der Waals surface area contributed by atoms with Crippen molar-refractivity contribution in [2.24, 2.45) is 0 Å². The Morgan fingerprint density at radius 2 is 2.10 bits per heavy atom. The number of ether oxygens (including phenoxy) is 1. The van der Waals surface area contributed by atoms with E-state index in [1.807, 2.05) is 45.0 Å². The van der Waals surface area contributed by atoms with E-state index in [2.05, 4.69) is 12.2 Å². The summed E-state index contributed by atoms with van der Waals surface area (Å²) >= 11 is 6.00. The van der Waals surface area contributed by atoms with Crippen LogP contribution in [-0.4, -0.2) is 35.7 Å². The highest BCUT2D eigenvalue weighted by Crippen LogP contribution is 2.21. The predicted molar refractivity (Wildman–Crippen MR) is 84.6 cm³/mol. The molecule has 1 N–H and O–H groups in total. The van der Waals surface area contributed by atoms with Crippen LogP contribution >= 0.6 is 11.6 Å². The summed E-state index contributed by atoms with van der Waals surface area (Å²) in [5.74, 6) is 0. The largest absolute Gasteiger partial charge is 0.444 e. The van der Waals surface area contributed by atoms with Crippen LogP contribution in [0.25, 0.3) is 0 Å². The van der Waals surface area contributed by atoms with Crippen molar-refractivity contribution < 1.29 is 9.53 Å². The molecular weight excluding hydrogens is 288 g/mol. The van der Waals surface area contributed by atoms with E-state index in [0.717, 1.165) is 10.6 Å². The van der Waals surface area contributed by atoms with E-state index >= 15 is 0 Å². The minimum atomic E-state index is -0.441. The maximum Gasteiger partial charge on any atom is 0.410 e.